The molecule has 2 N–H and O–H groups in total. The van der Waals surface area contributed by atoms with Gasteiger partial charge < -0.3 is 5.32 Å². The molecule has 0 spiro atoms. The Kier molecular flexibility index (Phi) is 5.62. The van der Waals surface area contributed by atoms with Crippen LogP contribution in [0.5, 0.6) is 0 Å². The summed E-state index contributed by atoms with van der Waals surface area (Å²) in [4.78, 5) is 11.9. The highest BCUT2D eigenvalue weighted by Gasteiger charge is 2.20. The zero-order valence-electron chi connectivity index (χ0n) is 12.6. The van der Waals surface area contributed by atoms with Crippen LogP contribution in [0.2, 0.25) is 5.02 Å². The highest BCUT2D eigenvalue weighted by atomic mass is 35.5. The van der Waals surface area contributed by atoms with Crippen LogP contribution in [0.4, 0.5) is 5.69 Å². The lowest BCUT2D eigenvalue weighted by Gasteiger charge is -2.10. The molecule has 0 saturated heterocycles. The van der Waals surface area contributed by atoms with Gasteiger partial charge in [0.2, 0.25) is 0 Å². The molecule has 0 bridgehead atoms. The maximum absolute atomic E-state index is 11.9. The molecule has 1 unspecified atom stereocenters. The number of halogens is 1. The van der Waals surface area contributed by atoms with Crippen LogP contribution in [-0.2, 0) is 4.79 Å². The molecular weight excluding hydrogens is 286 g/mol. The Balaban J connectivity index is 1.85. The minimum Gasteiger partial charge on any atom is -0.376 e. The summed E-state index contributed by atoms with van der Waals surface area (Å²) >= 11 is 6.05. The van der Waals surface area contributed by atoms with Crippen LogP contribution in [0, 0.1) is 12.8 Å². The van der Waals surface area contributed by atoms with Crippen LogP contribution in [0.1, 0.15) is 38.2 Å². The van der Waals surface area contributed by atoms with Gasteiger partial charge in [-0.3, -0.25) is 4.79 Å². The van der Waals surface area contributed by atoms with Crippen LogP contribution in [0.15, 0.2) is 23.3 Å². The molecule has 0 aromatic heterocycles. The predicted molar refractivity (Wildman–Crippen MR) is 87.9 cm³/mol. The van der Waals surface area contributed by atoms with Gasteiger partial charge in [0.15, 0.2) is 0 Å². The largest absolute Gasteiger partial charge is 0.376 e. The molecule has 114 valence electrons. The summed E-state index contributed by atoms with van der Waals surface area (Å²) in [5.41, 5.74) is 5.59. The second-order valence-electron chi connectivity index (χ2n) is 5.40. The number of nitrogens with one attached hydrogen (secondary N) is 2. The Labute approximate surface area is 131 Å². The quantitative estimate of drug-likeness (QED) is 0.814. The van der Waals surface area contributed by atoms with E-state index < -0.39 is 0 Å². The maximum Gasteiger partial charge on any atom is 0.259 e. The zero-order chi connectivity index (χ0) is 15.2. The predicted octanol–water partition coefficient (Wildman–Crippen LogP) is 3.74. The molecular formula is C16H22ClN3O. The first-order valence-corrected chi connectivity index (χ1v) is 7.84. The van der Waals surface area contributed by atoms with Gasteiger partial charge >= 0.3 is 0 Å². The molecule has 1 saturated carbocycles. The number of benzene rings is 1. The van der Waals surface area contributed by atoms with Crippen molar-refractivity contribution in [2.24, 2.45) is 11.0 Å². The van der Waals surface area contributed by atoms with Crippen molar-refractivity contribution in [2.45, 2.75) is 39.5 Å². The average molecular weight is 308 g/mol. The van der Waals surface area contributed by atoms with Gasteiger partial charge in [0.05, 0.1) is 6.54 Å². The zero-order valence-corrected chi connectivity index (χ0v) is 13.3. The molecule has 0 heterocycles. The number of amides is 1. The maximum atomic E-state index is 11.9. The Morgan fingerprint density at radius 2 is 2.29 bits per heavy atom. The average Bonchev–Trinajstić information content (AvgIpc) is 2.94. The summed E-state index contributed by atoms with van der Waals surface area (Å²) in [6.45, 7) is 4.28. The van der Waals surface area contributed by atoms with Crippen molar-refractivity contribution in [3.8, 4) is 0 Å². The molecule has 0 aliphatic heterocycles. The van der Waals surface area contributed by atoms with E-state index in [2.05, 4.69) is 22.8 Å². The first-order chi connectivity index (χ1) is 10.1. The number of carbonyl (C=O) groups excluding carboxylic acids is 1. The summed E-state index contributed by atoms with van der Waals surface area (Å²) in [7, 11) is 0. The number of anilines is 1. The van der Waals surface area contributed by atoms with Gasteiger partial charge in [-0.1, -0.05) is 24.6 Å². The molecule has 1 aromatic carbocycles. The smallest absolute Gasteiger partial charge is 0.259 e. The molecule has 21 heavy (non-hydrogen) atoms. The van der Waals surface area contributed by atoms with Crippen LogP contribution in [0.25, 0.3) is 0 Å². The minimum absolute atomic E-state index is 0.136. The van der Waals surface area contributed by atoms with Crippen molar-refractivity contribution in [3.63, 3.8) is 0 Å². The van der Waals surface area contributed by atoms with Crippen LogP contribution in [0.3, 0.4) is 0 Å². The van der Waals surface area contributed by atoms with Crippen molar-refractivity contribution in [2.75, 3.05) is 11.9 Å². The van der Waals surface area contributed by atoms with E-state index in [4.69, 9.17) is 11.6 Å². The molecule has 1 aliphatic carbocycles. The topological polar surface area (TPSA) is 53.5 Å². The van der Waals surface area contributed by atoms with Gasteiger partial charge in [-0.2, -0.15) is 5.10 Å². The van der Waals surface area contributed by atoms with Gasteiger partial charge in [-0.15, -0.1) is 0 Å². The second-order valence-corrected chi connectivity index (χ2v) is 5.81. The van der Waals surface area contributed by atoms with Crippen LogP contribution >= 0.6 is 11.6 Å². The van der Waals surface area contributed by atoms with Crippen molar-refractivity contribution in [1.82, 2.24) is 5.43 Å². The fourth-order valence-electron chi connectivity index (χ4n) is 2.64. The van der Waals surface area contributed by atoms with Gasteiger partial charge in [-0.05, 0) is 56.2 Å². The van der Waals surface area contributed by atoms with E-state index in [1.807, 2.05) is 25.1 Å². The normalized spacial score (nSPS) is 19.8. The summed E-state index contributed by atoms with van der Waals surface area (Å²) in [5, 5.41) is 8.06. The van der Waals surface area contributed by atoms with Gasteiger partial charge in [0, 0.05) is 16.4 Å². The molecule has 1 fully saturated rings. The van der Waals surface area contributed by atoms with Crippen molar-refractivity contribution in [1.29, 1.82) is 0 Å². The standard InChI is InChI=1S/C16H22ClN3O/c1-3-12-6-4-9-15(12)19-20-16(21)10-18-14-8-5-7-13(17)11(14)2/h5,7-8,12,18H,3-4,6,9-10H2,1-2H3,(H,20,21)/b19-15+. The molecule has 1 aliphatic rings. The van der Waals surface area contributed by atoms with Crippen molar-refractivity contribution >= 4 is 28.9 Å². The van der Waals surface area contributed by atoms with E-state index >= 15 is 0 Å². The highest BCUT2D eigenvalue weighted by Crippen LogP contribution is 2.25. The van der Waals surface area contributed by atoms with E-state index in [0.29, 0.717) is 10.9 Å². The van der Waals surface area contributed by atoms with E-state index in [0.717, 1.165) is 29.8 Å². The number of hydrazone groups is 1. The van der Waals surface area contributed by atoms with E-state index in [1.165, 1.54) is 12.8 Å². The third-order valence-electron chi connectivity index (χ3n) is 3.98. The van der Waals surface area contributed by atoms with Crippen molar-refractivity contribution < 1.29 is 4.79 Å². The summed E-state index contributed by atoms with van der Waals surface area (Å²) in [6, 6.07) is 5.60. The monoisotopic (exact) mass is 307 g/mol. The third-order valence-corrected chi connectivity index (χ3v) is 4.39. The SMILES string of the molecule is CCC1CCC/C1=N\NC(=O)CNc1cccc(Cl)c1C. The van der Waals surface area contributed by atoms with Gasteiger partial charge in [0.25, 0.3) is 5.91 Å². The van der Waals surface area contributed by atoms with Crippen molar-refractivity contribution in [3.05, 3.63) is 28.8 Å². The fraction of sp³-hybridized carbons (Fsp3) is 0.500. The van der Waals surface area contributed by atoms with E-state index in [9.17, 15) is 4.79 Å². The molecule has 1 atom stereocenters. The van der Waals surface area contributed by atoms with Gasteiger partial charge in [0.1, 0.15) is 0 Å². The Morgan fingerprint density at radius 3 is 3.05 bits per heavy atom. The van der Waals surface area contributed by atoms with E-state index in [-0.39, 0.29) is 12.5 Å². The lowest BCUT2D eigenvalue weighted by molar-refractivity contribution is -0.119. The molecule has 1 aromatic rings. The van der Waals surface area contributed by atoms with Crippen LogP contribution < -0.4 is 10.7 Å². The lowest BCUT2D eigenvalue weighted by atomic mass is 10.0. The second kappa shape index (κ2) is 7.46. The number of nitrogens with zero attached hydrogens (tertiary/aromatic N) is 1. The molecule has 4 nitrogen and oxygen atoms in total. The number of rotatable bonds is 5. The molecule has 2 rings (SSSR count). The number of hydrogen-bond donors (Lipinski definition) is 2. The third kappa shape index (κ3) is 4.21. The number of hydrogen-bond acceptors (Lipinski definition) is 3. The lowest BCUT2D eigenvalue weighted by Crippen LogP contribution is -2.27. The summed E-state index contributed by atoms with van der Waals surface area (Å²) in [6.07, 6.45) is 4.45. The Bertz CT molecular complexity index is 542. The first kappa shape index (κ1) is 15.8. The van der Waals surface area contributed by atoms with E-state index in [1.54, 1.807) is 0 Å². The summed E-state index contributed by atoms with van der Waals surface area (Å²) < 4.78 is 0. The minimum atomic E-state index is -0.136. The summed E-state index contributed by atoms with van der Waals surface area (Å²) in [5.74, 6) is 0.400. The van der Waals surface area contributed by atoms with Gasteiger partial charge in [-0.25, -0.2) is 5.43 Å². The molecule has 5 heteroatoms. The Morgan fingerprint density at radius 1 is 1.48 bits per heavy atom. The molecule has 0 radical (unpaired) electrons. The Hall–Kier alpha value is -1.55. The highest BCUT2D eigenvalue weighted by molar-refractivity contribution is 6.31. The molecule has 1 amide bonds. The number of carbonyl (C=O) groups is 1. The fourth-order valence-corrected chi connectivity index (χ4v) is 2.81. The first-order valence-electron chi connectivity index (χ1n) is 7.46. The van der Waals surface area contributed by atoms with Crippen LogP contribution in [-0.4, -0.2) is 18.2 Å².